The van der Waals surface area contributed by atoms with Crippen LogP contribution in [0.2, 0.25) is 5.02 Å². The van der Waals surface area contributed by atoms with Crippen molar-refractivity contribution in [1.82, 2.24) is 0 Å². The van der Waals surface area contributed by atoms with Crippen LogP contribution in [0.1, 0.15) is 5.56 Å². The van der Waals surface area contributed by atoms with Gasteiger partial charge in [-0.05, 0) is 17.7 Å². The molecule has 0 aliphatic heterocycles. The van der Waals surface area contributed by atoms with Crippen molar-refractivity contribution in [2.45, 2.75) is 12.5 Å². The molecule has 1 aromatic rings. The first-order valence-corrected chi connectivity index (χ1v) is 4.00. The van der Waals surface area contributed by atoms with Crippen LogP contribution in [0.3, 0.4) is 0 Å². The fraction of sp³-hybridized carbons (Fsp3) is 0.222. The Morgan fingerprint density at radius 3 is 2.50 bits per heavy atom. The summed E-state index contributed by atoms with van der Waals surface area (Å²) < 4.78 is 0. The van der Waals surface area contributed by atoms with Gasteiger partial charge in [-0.2, -0.15) is 5.26 Å². The third kappa shape index (κ3) is 2.54. The average Bonchev–Trinajstić information content (AvgIpc) is 2.09. The molecule has 3 heteroatoms. The van der Waals surface area contributed by atoms with E-state index in [2.05, 4.69) is 0 Å². The standard InChI is InChI=1S/C9H9ClN2/c10-8-3-1-7(2-4-8)5-9(12)6-11/h1-4,9H,5,12H2. The first-order valence-electron chi connectivity index (χ1n) is 3.62. The maximum absolute atomic E-state index is 8.45. The lowest BCUT2D eigenvalue weighted by Gasteiger charge is -2.01. The number of hydrogen-bond acceptors (Lipinski definition) is 2. The quantitative estimate of drug-likeness (QED) is 0.754. The van der Waals surface area contributed by atoms with E-state index in [1.165, 1.54) is 0 Å². The number of nitrogens with two attached hydrogens (primary N) is 1. The molecule has 0 heterocycles. The van der Waals surface area contributed by atoms with E-state index in [0.717, 1.165) is 5.56 Å². The van der Waals surface area contributed by atoms with Gasteiger partial charge in [0.25, 0.3) is 0 Å². The van der Waals surface area contributed by atoms with Gasteiger partial charge in [-0.15, -0.1) is 0 Å². The van der Waals surface area contributed by atoms with E-state index in [9.17, 15) is 0 Å². The minimum absolute atomic E-state index is 0.425. The molecule has 0 saturated carbocycles. The van der Waals surface area contributed by atoms with E-state index < -0.39 is 6.04 Å². The summed E-state index contributed by atoms with van der Waals surface area (Å²) in [5, 5.41) is 9.15. The summed E-state index contributed by atoms with van der Waals surface area (Å²) in [6.07, 6.45) is 0.577. The van der Waals surface area contributed by atoms with E-state index in [1.807, 2.05) is 18.2 Å². The molecular weight excluding hydrogens is 172 g/mol. The first kappa shape index (κ1) is 9.05. The van der Waals surface area contributed by atoms with E-state index in [4.69, 9.17) is 22.6 Å². The summed E-state index contributed by atoms with van der Waals surface area (Å²) in [7, 11) is 0. The van der Waals surface area contributed by atoms with E-state index in [-0.39, 0.29) is 0 Å². The fourth-order valence-corrected chi connectivity index (χ4v) is 1.05. The van der Waals surface area contributed by atoms with Gasteiger partial charge < -0.3 is 5.73 Å². The third-order valence-electron chi connectivity index (χ3n) is 1.53. The molecule has 0 aliphatic rings. The minimum Gasteiger partial charge on any atom is -0.316 e. The van der Waals surface area contributed by atoms with Crippen LogP contribution < -0.4 is 5.73 Å². The van der Waals surface area contributed by atoms with Gasteiger partial charge in [-0.3, -0.25) is 0 Å². The molecule has 62 valence electrons. The van der Waals surface area contributed by atoms with Crippen molar-refractivity contribution < 1.29 is 0 Å². The zero-order valence-electron chi connectivity index (χ0n) is 6.50. The molecule has 0 aromatic heterocycles. The van der Waals surface area contributed by atoms with Crippen LogP contribution in [0.15, 0.2) is 24.3 Å². The Labute approximate surface area is 76.6 Å². The van der Waals surface area contributed by atoms with E-state index in [1.54, 1.807) is 12.1 Å². The van der Waals surface area contributed by atoms with E-state index in [0.29, 0.717) is 11.4 Å². The summed E-state index contributed by atoms with van der Waals surface area (Å²) in [6.45, 7) is 0. The second-order valence-electron chi connectivity index (χ2n) is 2.57. The second-order valence-corrected chi connectivity index (χ2v) is 3.00. The Morgan fingerprint density at radius 1 is 1.42 bits per heavy atom. The summed E-state index contributed by atoms with van der Waals surface area (Å²) in [5.41, 5.74) is 6.48. The third-order valence-corrected chi connectivity index (χ3v) is 1.79. The Kier molecular flexibility index (Phi) is 3.09. The van der Waals surface area contributed by atoms with Crippen LogP contribution in [0.5, 0.6) is 0 Å². The summed E-state index contributed by atoms with van der Waals surface area (Å²) in [6, 6.07) is 8.88. The molecule has 0 amide bonds. The molecule has 0 radical (unpaired) electrons. The van der Waals surface area contributed by atoms with Crippen LogP contribution in [0, 0.1) is 11.3 Å². The first-order chi connectivity index (χ1) is 5.72. The van der Waals surface area contributed by atoms with Crippen molar-refractivity contribution >= 4 is 11.6 Å². The van der Waals surface area contributed by atoms with Gasteiger partial charge in [0.05, 0.1) is 12.1 Å². The van der Waals surface area contributed by atoms with Crippen molar-refractivity contribution in [3.05, 3.63) is 34.9 Å². The monoisotopic (exact) mass is 180 g/mol. The van der Waals surface area contributed by atoms with Gasteiger partial charge in [-0.25, -0.2) is 0 Å². The number of halogens is 1. The lowest BCUT2D eigenvalue weighted by atomic mass is 10.1. The maximum atomic E-state index is 8.45. The summed E-state index contributed by atoms with van der Waals surface area (Å²) in [5.74, 6) is 0. The number of hydrogen-bond donors (Lipinski definition) is 1. The van der Waals surface area contributed by atoms with Crippen molar-refractivity contribution in [3.8, 4) is 6.07 Å². The average molecular weight is 181 g/mol. The number of rotatable bonds is 2. The maximum Gasteiger partial charge on any atom is 0.0968 e. The predicted octanol–water partition coefficient (Wildman–Crippen LogP) is 1.73. The Balaban J connectivity index is 2.66. The Hall–Kier alpha value is -1.04. The Bertz CT molecular complexity index is 286. The molecule has 0 bridgehead atoms. The highest BCUT2D eigenvalue weighted by atomic mass is 35.5. The number of benzene rings is 1. The molecule has 1 atom stereocenters. The van der Waals surface area contributed by atoms with Crippen molar-refractivity contribution in [1.29, 1.82) is 5.26 Å². The fourth-order valence-electron chi connectivity index (χ4n) is 0.920. The molecular formula is C9H9ClN2. The van der Waals surface area contributed by atoms with Crippen molar-refractivity contribution in [2.24, 2.45) is 5.73 Å². The Morgan fingerprint density at radius 2 is 2.00 bits per heavy atom. The molecule has 2 N–H and O–H groups in total. The molecule has 2 nitrogen and oxygen atoms in total. The predicted molar refractivity (Wildman–Crippen MR) is 48.7 cm³/mol. The van der Waals surface area contributed by atoms with Crippen LogP contribution in [-0.2, 0) is 6.42 Å². The molecule has 1 rings (SSSR count). The molecule has 0 aliphatic carbocycles. The van der Waals surface area contributed by atoms with Crippen LogP contribution in [0.25, 0.3) is 0 Å². The molecule has 0 saturated heterocycles. The zero-order valence-corrected chi connectivity index (χ0v) is 7.25. The highest BCUT2D eigenvalue weighted by molar-refractivity contribution is 6.30. The highest BCUT2D eigenvalue weighted by Gasteiger charge is 2.00. The SMILES string of the molecule is N#CC(N)Cc1ccc(Cl)cc1. The molecule has 1 aromatic carbocycles. The zero-order chi connectivity index (χ0) is 8.97. The molecule has 0 spiro atoms. The lowest BCUT2D eigenvalue weighted by Crippen LogP contribution is -2.19. The van der Waals surface area contributed by atoms with Gasteiger partial charge in [0.2, 0.25) is 0 Å². The number of nitriles is 1. The van der Waals surface area contributed by atoms with Gasteiger partial charge in [0.1, 0.15) is 0 Å². The van der Waals surface area contributed by atoms with Gasteiger partial charge >= 0.3 is 0 Å². The lowest BCUT2D eigenvalue weighted by molar-refractivity contribution is 0.823. The normalized spacial score (nSPS) is 12.1. The minimum atomic E-state index is -0.425. The molecule has 12 heavy (non-hydrogen) atoms. The summed E-state index contributed by atoms with van der Waals surface area (Å²) in [4.78, 5) is 0. The van der Waals surface area contributed by atoms with Crippen LogP contribution >= 0.6 is 11.6 Å². The second kappa shape index (κ2) is 4.10. The van der Waals surface area contributed by atoms with E-state index >= 15 is 0 Å². The van der Waals surface area contributed by atoms with Gasteiger partial charge in [-0.1, -0.05) is 23.7 Å². The van der Waals surface area contributed by atoms with Gasteiger partial charge in [0, 0.05) is 11.4 Å². The summed E-state index contributed by atoms with van der Waals surface area (Å²) >= 11 is 5.69. The number of nitrogens with zero attached hydrogens (tertiary/aromatic N) is 1. The van der Waals surface area contributed by atoms with Crippen LogP contribution in [-0.4, -0.2) is 6.04 Å². The van der Waals surface area contributed by atoms with Crippen molar-refractivity contribution in [3.63, 3.8) is 0 Å². The molecule has 0 fully saturated rings. The topological polar surface area (TPSA) is 49.8 Å². The molecule has 1 unspecified atom stereocenters. The van der Waals surface area contributed by atoms with Gasteiger partial charge in [0.15, 0.2) is 0 Å². The largest absolute Gasteiger partial charge is 0.316 e. The smallest absolute Gasteiger partial charge is 0.0968 e. The highest BCUT2D eigenvalue weighted by Crippen LogP contribution is 2.10. The van der Waals surface area contributed by atoms with Crippen molar-refractivity contribution in [2.75, 3.05) is 0 Å². The van der Waals surface area contributed by atoms with Crippen LogP contribution in [0.4, 0.5) is 0 Å².